The number of benzene rings is 2. The SMILES string of the molecule is CC(=O)c1ccc(S(=O)(=O)Nc2ccccc2-n2cnnn2)cc1. The molecule has 0 saturated heterocycles. The number of rotatable bonds is 5. The van der Waals surface area contributed by atoms with Crippen molar-refractivity contribution in [2.75, 3.05) is 4.72 Å². The first-order chi connectivity index (χ1) is 11.5. The number of nitrogens with zero attached hydrogens (tertiary/aromatic N) is 4. The van der Waals surface area contributed by atoms with E-state index in [1.807, 2.05) is 0 Å². The molecule has 0 aliphatic rings. The fraction of sp³-hybridized carbons (Fsp3) is 0.0667. The number of aromatic nitrogens is 4. The van der Waals surface area contributed by atoms with Gasteiger partial charge in [-0.25, -0.2) is 8.42 Å². The summed E-state index contributed by atoms with van der Waals surface area (Å²) in [5.74, 6) is -0.129. The quantitative estimate of drug-likeness (QED) is 0.706. The molecule has 0 unspecified atom stereocenters. The molecule has 0 saturated carbocycles. The van der Waals surface area contributed by atoms with Crippen molar-refractivity contribution in [2.24, 2.45) is 0 Å². The molecular formula is C15H13N5O3S. The van der Waals surface area contributed by atoms with E-state index in [0.29, 0.717) is 16.9 Å². The van der Waals surface area contributed by atoms with Gasteiger partial charge in [0.05, 0.1) is 16.3 Å². The number of tetrazole rings is 1. The largest absolute Gasteiger partial charge is 0.295 e. The number of para-hydroxylation sites is 2. The summed E-state index contributed by atoms with van der Waals surface area (Å²) in [5, 5.41) is 10.9. The van der Waals surface area contributed by atoms with Crippen LogP contribution >= 0.6 is 0 Å². The van der Waals surface area contributed by atoms with Crippen molar-refractivity contribution in [3.63, 3.8) is 0 Å². The number of hydrogen-bond acceptors (Lipinski definition) is 6. The summed E-state index contributed by atoms with van der Waals surface area (Å²) in [7, 11) is -3.81. The fourth-order valence-electron chi connectivity index (χ4n) is 2.10. The molecule has 0 bridgehead atoms. The van der Waals surface area contributed by atoms with E-state index in [1.165, 1.54) is 42.2 Å². The maximum absolute atomic E-state index is 12.5. The van der Waals surface area contributed by atoms with Gasteiger partial charge in [0.2, 0.25) is 0 Å². The number of carbonyl (C=O) groups excluding carboxylic acids is 1. The van der Waals surface area contributed by atoms with Crippen LogP contribution in [0.5, 0.6) is 0 Å². The molecule has 8 nitrogen and oxygen atoms in total. The summed E-state index contributed by atoms with van der Waals surface area (Å²) >= 11 is 0. The minimum Gasteiger partial charge on any atom is -0.295 e. The zero-order valence-corrected chi connectivity index (χ0v) is 13.4. The summed E-state index contributed by atoms with van der Waals surface area (Å²) in [5.41, 5.74) is 1.27. The number of nitrogens with one attached hydrogen (secondary N) is 1. The molecule has 0 fully saturated rings. The van der Waals surface area contributed by atoms with Crippen molar-refractivity contribution in [1.29, 1.82) is 0 Å². The van der Waals surface area contributed by atoms with E-state index in [0.717, 1.165) is 0 Å². The van der Waals surface area contributed by atoms with E-state index in [2.05, 4.69) is 20.2 Å². The molecule has 24 heavy (non-hydrogen) atoms. The number of hydrogen-bond donors (Lipinski definition) is 1. The normalized spacial score (nSPS) is 11.2. The van der Waals surface area contributed by atoms with Crippen molar-refractivity contribution in [3.8, 4) is 5.69 Å². The molecule has 3 rings (SSSR count). The van der Waals surface area contributed by atoms with E-state index in [9.17, 15) is 13.2 Å². The molecule has 3 aromatic rings. The van der Waals surface area contributed by atoms with Gasteiger partial charge >= 0.3 is 0 Å². The minimum atomic E-state index is -3.81. The molecule has 122 valence electrons. The van der Waals surface area contributed by atoms with Crippen molar-refractivity contribution < 1.29 is 13.2 Å². The van der Waals surface area contributed by atoms with E-state index in [-0.39, 0.29) is 10.7 Å². The standard InChI is InChI=1S/C15H13N5O3S/c1-11(21)12-6-8-13(9-7-12)24(22,23)17-14-4-2-3-5-15(14)20-10-16-18-19-20/h2-10,17H,1H3. The second-order valence-electron chi connectivity index (χ2n) is 4.96. The van der Waals surface area contributed by atoms with Crippen LogP contribution in [-0.2, 0) is 10.0 Å². The molecule has 0 amide bonds. The van der Waals surface area contributed by atoms with E-state index >= 15 is 0 Å². The number of sulfonamides is 1. The molecule has 0 aliphatic carbocycles. The molecule has 1 heterocycles. The zero-order chi connectivity index (χ0) is 17.2. The average molecular weight is 343 g/mol. The molecular weight excluding hydrogens is 330 g/mol. The molecule has 0 radical (unpaired) electrons. The zero-order valence-electron chi connectivity index (χ0n) is 12.6. The average Bonchev–Trinajstić information content (AvgIpc) is 3.09. The summed E-state index contributed by atoms with van der Waals surface area (Å²) in [4.78, 5) is 11.3. The molecule has 0 spiro atoms. The van der Waals surface area contributed by atoms with Crippen LogP contribution < -0.4 is 4.72 Å². The van der Waals surface area contributed by atoms with E-state index < -0.39 is 10.0 Å². The monoisotopic (exact) mass is 343 g/mol. The highest BCUT2D eigenvalue weighted by atomic mass is 32.2. The summed E-state index contributed by atoms with van der Waals surface area (Å²) in [6.07, 6.45) is 1.37. The Bertz CT molecular complexity index is 967. The third-order valence-corrected chi connectivity index (χ3v) is 4.70. The number of anilines is 1. The second kappa shape index (κ2) is 6.20. The predicted octanol–water partition coefficient (Wildman–Crippen LogP) is 1.67. The molecule has 0 atom stereocenters. The topological polar surface area (TPSA) is 107 Å². The summed E-state index contributed by atoms with van der Waals surface area (Å²) in [6, 6.07) is 12.5. The van der Waals surface area contributed by atoms with Gasteiger partial charge in [0.1, 0.15) is 6.33 Å². The highest BCUT2D eigenvalue weighted by molar-refractivity contribution is 7.92. The van der Waals surface area contributed by atoms with Crippen LogP contribution in [-0.4, -0.2) is 34.4 Å². The second-order valence-corrected chi connectivity index (χ2v) is 6.64. The third kappa shape index (κ3) is 3.15. The fourth-order valence-corrected chi connectivity index (χ4v) is 3.18. The smallest absolute Gasteiger partial charge is 0.261 e. The first-order valence-corrected chi connectivity index (χ1v) is 8.42. The predicted molar refractivity (Wildman–Crippen MR) is 86.4 cm³/mol. The van der Waals surface area contributed by atoms with Gasteiger partial charge in [0.25, 0.3) is 10.0 Å². The van der Waals surface area contributed by atoms with Crippen LogP contribution in [0.4, 0.5) is 5.69 Å². The van der Waals surface area contributed by atoms with Gasteiger partial charge in [-0.15, -0.1) is 5.10 Å². The highest BCUT2D eigenvalue weighted by Crippen LogP contribution is 2.22. The van der Waals surface area contributed by atoms with Crippen LogP contribution in [0.25, 0.3) is 5.69 Å². The first-order valence-electron chi connectivity index (χ1n) is 6.93. The van der Waals surface area contributed by atoms with Gasteiger partial charge in [-0.2, -0.15) is 4.68 Å². The van der Waals surface area contributed by atoms with Gasteiger partial charge in [0.15, 0.2) is 5.78 Å². The van der Waals surface area contributed by atoms with Crippen LogP contribution in [0.2, 0.25) is 0 Å². The van der Waals surface area contributed by atoms with Crippen molar-refractivity contribution in [3.05, 3.63) is 60.4 Å². The van der Waals surface area contributed by atoms with Crippen molar-refractivity contribution in [2.45, 2.75) is 11.8 Å². The minimum absolute atomic E-state index is 0.0546. The van der Waals surface area contributed by atoms with Gasteiger partial charge in [-0.05, 0) is 41.6 Å². The van der Waals surface area contributed by atoms with E-state index in [4.69, 9.17) is 0 Å². The van der Waals surface area contributed by atoms with Gasteiger partial charge in [0, 0.05) is 5.56 Å². The Morgan fingerprint density at radius 1 is 1.08 bits per heavy atom. The summed E-state index contributed by atoms with van der Waals surface area (Å²) in [6.45, 7) is 1.42. The molecule has 0 aliphatic heterocycles. The Balaban J connectivity index is 1.94. The van der Waals surface area contributed by atoms with Gasteiger partial charge < -0.3 is 0 Å². The lowest BCUT2D eigenvalue weighted by molar-refractivity contribution is 0.101. The summed E-state index contributed by atoms with van der Waals surface area (Å²) < 4.78 is 29.0. The van der Waals surface area contributed by atoms with Crippen molar-refractivity contribution in [1.82, 2.24) is 20.2 Å². The van der Waals surface area contributed by atoms with Crippen molar-refractivity contribution >= 4 is 21.5 Å². The van der Waals surface area contributed by atoms with Gasteiger partial charge in [-0.3, -0.25) is 9.52 Å². The molecule has 1 N–H and O–H groups in total. The Morgan fingerprint density at radius 2 is 1.79 bits per heavy atom. The number of ketones is 1. The number of Topliss-reactive ketones (excluding diaryl/α,β-unsaturated/α-hetero) is 1. The van der Waals surface area contributed by atoms with E-state index in [1.54, 1.807) is 24.3 Å². The lowest BCUT2D eigenvalue weighted by Crippen LogP contribution is -2.15. The highest BCUT2D eigenvalue weighted by Gasteiger charge is 2.17. The third-order valence-electron chi connectivity index (χ3n) is 3.32. The van der Waals surface area contributed by atoms with Crippen LogP contribution in [0.15, 0.2) is 59.8 Å². The first kappa shape index (κ1) is 15.8. The number of carbonyl (C=O) groups is 1. The Kier molecular flexibility index (Phi) is 4.09. The Labute approximate surface area is 138 Å². The Hall–Kier alpha value is -3.07. The maximum Gasteiger partial charge on any atom is 0.261 e. The molecule has 9 heteroatoms. The molecule has 1 aromatic heterocycles. The molecule has 2 aromatic carbocycles. The Morgan fingerprint density at radius 3 is 2.42 bits per heavy atom. The van der Waals surface area contributed by atoms with Gasteiger partial charge in [-0.1, -0.05) is 24.3 Å². The maximum atomic E-state index is 12.5. The van der Waals surface area contributed by atoms with Crippen LogP contribution in [0.1, 0.15) is 17.3 Å². The lowest BCUT2D eigenvalue weighted by atomic mass is 10.2. The van der Waals surface area contributed by atoms with Crippen LogP contribution in [0, 0.1) is 0 Å². The van der Waals surface area contributed by atoms with Crippen LogP contribution in [0.3, 0.4) is 0 Å². The lowest BCUT2D eigenvalue weighted by Gasteiger charge is -2.12.